The molecule has 1 N–H and O–H groups in total. The van der Waals surface area contributed by atoms with Crippen molar-refractivity contribution in [3.8, 4) is 0 Å². The molecule has 1 aromatic heterocycles. The summed E-state index contributed by atoms with van der Waals surface area (Å²) in [6.45, 7) is 1.69. The van der Waals surface area contributed by atoms with Crippen LogP contribution in [0.25, 0.3) is 0 Å². The minimum atomic E-state index is -0.122. The van der Waals surface area contributed by atoms with E-state index in [4.69, 9.17) is 16.0 Å². The van der Waals surface area contributed by atoms with Crippen LogP contribution in [0.4, 0.5) is 0 Å². The normalized spacial score (nSPS) is 16.4. The number of halogens is 1. The monoisotopic (exact) mass is 214 g/mol. The van der Waals surface area contributed by atoms with Gasteiger partial charge in [-0.2, -0.15) is 0 Å². The van der Waals surface area contributed by atoms with Gasteiger partial charge in [0.05, 0.1) is 6.04 Å². The van der Waals surface area contributed by atoms with Gasteiger partial charge in [-0.05, 0) is 23.7 Å². The highest BCUT2D eigenvalue weighted by atomic mass is 35.5. The summed E-state index contributed by atoms with van der Waals surface area (Å²) < 4.78 is 5.04. The number of nitrogens with one attached hydrogen (secondary N) is 1. The molecule has 14 heavy (non-hydrogen) atoms. The second-order valence-electron chi connectivity index (χ2n) is 3.33. The van der Waals surface area contributed by atoms with Crippen molar-refractivity contribution in [2.24, 2.45) is 0 Å². The van der Waals surface area contributed by atoms with Crippen molar-refractivity contribution in [2.75, 3.05) is 20.1 Å². The molecule has 0 radical (unpaired) electrons. The molecule has 0 atom stereocenters. The van der Waals surface area contributed by atoms with Gasteiger partial charge in [0.15, 0.2) is 11.0 Å². The number of carbonyl (C=O) groups excluding carboxylic acids is 1. The molecule has 1 fully saturated rings. The van der Waals surface area contributed by atoms with E-state index in [1.54, 1.807) is 24.1 Å². The second kappa shape index (κ2) is 3.63. The molecule has 0 bridgehead atoms. The molecule has 0 aliphatic carbocycles. The SMILES string of the molecule is CN(C(=O)c1ccc(Cl)o1)C1CNC1. The van der Waals surface area contributed by atoms with E-state index in [-0.39, 0.29) is 17.2 Å². The van der Waals surface area contributed by atoms with Gasteiger partial charge in [0.25, 0.3) is 5.91 Å². The fourth-order valence-corrected chi connectivity index (χ4v) is 1.46. The third kappa shape index (κ3) is 1.63. The summed E-state index contributed by atoms with van der Waals surface area (Å²) in [5.41, 5.74) is 0. The standard InChI is InChI=1S/C9H11ClN2O2/c1-12(6-4-11-5-6)9(13)7-2-3-8(10)14-7/h2-3,6,11H,4-5H2,1H3. The Balaban J connectivity index is 2.07. The molecule has 0 aromatic carbocycles. The first-order valence-electron chi connectivity index (χ1n) is 4.41. The number of amides is 1. The predicted octanol–water partition coefficient (Wildman–Crippen LogP) is 0.977. The zero-order chi connectivity index (χ0) is 10.1. The summed E-state index contributed by atoms with van der Waals surface area (Å²) in [6.07, 6.45) is 0. The fraction of sp³-hybridized carbons (Fsp3) is 0.444. The Morgan fingerprint density at radius 3 is 2.79 bits per heavy atom. The van der Waals surface area contributed by atoms with Crippen molar-refractivity contribution < 1.29 is 9.21 Å². The first-order valence-corrected chi connectivity index (χ1v) is 4.79. The fourth-order valence-electron chi connectivity index (χ4n) is 1.32. The number of likely N-dealkylation sites (N-methyl/N-ethyl adjacent to an activating group) is 1. The molecule has 1 saturated heterocycles. The number of rotatable bonds is 2. The van der Waals surface area contributed by atoms with E-state index in [2.05, 4.69) is 5.32 Å². The molecule has 5 heteroatoms. The van der Waals surface area contributed by atoms with E-state index in [9.17, 15) is 4.79 Å². The van der Waals surface area contributed by atoms with Gasteiger partial charge >= 0.3 is 0 Å². The minimum absolute atomic E-state index is 0.122. The lowest BCUT2D eigenvalue weighted by Gasteiger charge is -2.35. The molecule has 76 valence electrons. The summed E-state index contributed by atoms with van der Waals surface area (Å²) in [5.74, 6) is 0.174. The highest BCUT2D eigenvalue weighted by molar-refractivity contribution is 6.29. The van der Waals surface area contributed by atoms with Crippen LogP contribution in [0.5, 0.6) is 0 Å². The topological polar surface area (TPSA) is 45.5 Å². The molecule has 0 saturated carbocycles. The van der Waals surface area contributed by atoms with E-state index < -0.39 is 0 Å². The molecular weight excluding hydrogens is 204 g/mol. The molecule has 1 aliphatic heterocycles. The Labute approximate surface area is 86.8 Å². The average Bonchev–Trinajstić information content (AvgIpc) is 2.47. The Bertz CT molecular complexity index is 346. The number of hydrogen-bond acceptors (Lipinski definition) is 3. The van der Waals surface area contributed by atoms with Gasteiger partial charge in [0.1, 0.15) is 0 Å². The lowest BCUT2D eigenvalue weighted by atomic mass is 10.1. The van der Waals surface area contributed by atoms with E-state index in [0.717, 1.165) is 13.1 Å². The third-order valence-electron chi connectivity index (χ3n) is 2.41. The molecule has 1 aromatic rings. The van der Waals surface area contributed by atoms with Gasteiger partial charge in [-0.25, -0.2) is 0 Å². The smallest absolute Gasteiger partial charge is 0.289 e. The Morgan fingerprint density at radius 1 is 1.64 bits per heavy atom. The van der Waals surface area contributed by atoms with E-state index in [0.29, 0.717) is 5.76 Å². The van der Waals surface area contributed by atoms with Crippen LogP contribution in [0.2, 0.25) is 5.22 Å². The quantitative estimate of drug-likeness (QED) is 0.798. The van der Waals surface area contributed by atoms with Crippen molar-refractivity contribution in [1.82, 2.24) is 10.2 Å². The zero-order valence-electron chi connectivity index (χ0n) is 7.79. The molecular formula is C9H11ClN2O2. The Morgan fingerprint density at radius 2 is 2.36 bits per heavy atom. The first-order chi connectivity index (χ1) is 6.68. The molecule has 0 unspecified atom stereocenters. The van der Waals surface area contributed by atoms with Crippen LogP contribution in [0, 0.1) is 0 Å². The molecule has 1 aliphatic rings. The number of nitrogens with zero attached hydrogens (tertiary/aromatic N) is 1. The highest BCUT2D eigenvalue weighted by Crippen LogP contribution is 2.16. The maximum Gasteiger partial charge on any atom is 0.289 e. The van der Waals surface area contributed by atoms with Gasteiger partial charge in [0, 0.05) is 20.1 Å². The van der Waals surface area contributed by atoms with Crippen molar-refractivity contribution >= 4 is 17.5 Å². The minimum Gasteiger partial charge on any atom is -0.440 e. The summed E-state index contributed by atoms with van der Waals surface area (Å²) in [6, 6.07) is 3.43. The van der Waals surface area contributed by atoms with Gasteiger partial charge < -0.3 is 14.6 Å². The third-order valence-corrected chi connectivity index (χ3v) is 2.62. The zero-order valence-corrected chi connectivity index (χ0v) is 8.54. The summed E-state index contributed by atoms with van der Waals surface area (Å²) in [7, 11) is 1.77. The first kappa shape index (κ1) is 9.55. The van der Waals surface area contributed by atoms with Crippen LogP contribution < -0.4 is 5.32 Å². The maximum absolute atomic E-state index is 11.7. The Kier molecular flexibility index (Phi) is 2.48. The van der Waals surface area contributed by atoms with Gasteiger partial charge in [-0.1, -0.05) is 0 Å². The van der Waals surface area contributed by atoms with Crippen LogP contribution in [-0.2, 0) is 0 Å². The van der Waals surface area contributed by atoms with Crippen LogP contribution >= 0.6 is 11.6 Å². The van der Waals surface area contributed by atoms with Crippen LogP contribution in [-0.4, -0.2) is 37.0 Å². The highest BCUT2D eigenvalue weighted by Gasteiger charge is 2.27. The van der Waals surface area contributed by atoms with Crippen LogP contribution in [0.3, 0.4) is 0 Å². The summed E-state index contributed by atoms with van der Waals surface area (Å²) in [4.78, 5) is 13.4. The molecule has 2 heterocycles. The average molecular weight is 215 g/mol. The second-order valence-corrected chi connectivity index (χ2v) is 3.70. The lowest BCUT2D eigenvalue weighted by Crippen LogP contribution is -2.57. The van der Waals surface area contributed by atoms with Gasteiger partial charge in [0.2, 0.25) is 0 Å². The van der Waals surface area contributed by atoms with E-state index in [1.807, 2.05) is 0 Å². The van der Waals surface area contributed by atoms with E-state index in [1.165, 1.54) is 0 Å². The number of carbonyl (C=O) groups is 1. The summed E-state index contributed by atoms with van der Waals surface area (Å²) >= 11 is 5.59. The van der Waals surface area contributed by atoms with Crippen LogP contribution in [0.1, 0.15) is 10.6 Å². The molecule has 4 nitrogen and oxygen atoms in total. The van der Waals surface area contributed by atoms with Gasteiger partial charge in [-0.15, -0.1) is 0 Å². The van der Waals surface area contributed by atoms with Crippen molar-refractivity contribution in [3.63, 3.8) is 0 Å². The Hall–Kier alpha value is -1.00. The largest absolute Gasteiger partial charge is 0.440 e. The van der Waals surface area contributed by atoms with Crippen molar-refractivity contribution in [3.05, 3.63) is 23.1 Å². The van der Waals surface area contributed by atoms with Crippen molar-refractivity contribution in [2.45, 2.75) is 6.04 Å². The lowest BCUT2D eigenvalue weighted by molar-refractivity contribution is 0.0649. The van der Waals surface area contributed by atoms with Crippen molar-refractivity contribution in [1.29, 1.82) is 0 Å². The molecule has 0 spiro atoms. The molecule has 1 amide bonds. The molecule has 2 rings (SSSR count). The van der Waals surface area contributed by atoms with Gasteiger partial charge in [-0.3, -0.25) is 4.79 Å². The van der Waals surface area contributed by atoms with E-state index >= 15 is 0 Å². The maximum atomic E-state index is 11.7. The number of furan rings is 1. The summed E-state index contributed by atoms with van der Waals surface area (Å²) in [5, 5.41) is 3.35. The van der Waals surface area contributed by atoms with Crippen LogP contribution in [0.15, 0.2) is 16.5 Å². The number of hydrogen-bond donors (Lipinski definition) is 1. The predicted molar refractivity (Wildman–Crippen MR) is 52.5 cm³/mol.